The zero-order chi connectivity index (χ0) is 18.0. The average molecular weight is 378 g/mol. The summed E-state index contributed by atoms with van der Waals surface area (Å²) >= 11 is 12.2. The normalized spacial score (nSPS) is 10.9. The van der Waals surface area contributed by atoms with Gasteiger partial charge in [-0.3, -0.25) is 4.79 Å². The van der Waals surface area contributed by atoms with Gasteiger partial charge in [0.2, 0.25) is 5.43 Å². The number of rotatable bonds is 5. The highest BCUT2D eigenvalue weighted by molar-refractivity contribution is 6.36. The van der Waals surface area contributed by atoms with E-state index in [4.69, 9.17) is 32.7 Å². The van der Waals surface area contributed by atoms with Gasteiger partial charge < -0.3 is 14.5 Å². The molecule has 3 aromatic rings. The Morgan fingerprint density at radius 1 is 1.08 bits per heavy atom. The molecule has 0 aliphatic rings. The van der Waals surface area contributed by atoms with Crippen LogP contribution < -0.4 is 14.9 Å². The molecule has 25 heavy (non-hydrogen) atoms. The van der Waals surface area contributed by atoms with E-state index in [0.29, 0.717) is 50.2 Å². The smallest absolute Gasteiger partial charge is 0.201 e. The zero-order valence-electron chi connectivity index (χ0n) is 13.9. The number of pyridine rings is 1. The topological polar surface area (TPSA) is 51.3 Å². The van der Waals surface area contributed by atoms with E-state index in [1.165, 1.54) is 7.11 Å². The van der Waals surface area contributed by atoms with E-state index in [0.717, 1.165) is 6.42 Å². The van der Waals surface area contributed by atoms with Crippen LogP contribution in [0.5, 0.6) is 11.5 Å². The van der Waals surface area contributed by atoms with Crippen molar-refractivity contribution >= 4 is 34.1 Å². The molecule has 0 spiro atoms. The highest BCUT2D eigenvalue weighted by Crippen LogP contribution is 2.33. The summed E-state index contributed by atoms with van der Waals surface area (Å²) in [6, 6.07) is 8.56. The van der Waals surface area contributed by atoms with Crippen molar-refractivity contribution in [3.05, 3.63) is 56.8 Å². The average Bonchev–Trinajstić information content (AvgIpc) is 2.60. The van der Waals surface area contributed by atoms with Gasteiger partial charge in [-0.25, -0.2) is 0 Å². The van der Waals surface area contributed by atoms with E-state index in [9.17, 15) is 4.79 Å². The van der Waals surface area contributed by atoms with Crippen molar-refractivity contribution in [2.75, 3.05) is 13.7 Å². The lowest BCUT2D eigenvalue weighted by Crippen LogP contribution is -2.09. The molecule has 0 radical (unpaired) electrons. The van der Waals surface area contributed by atoms with Crippen LogP contribution in [0.15, 0.2) is 41.3 Å². The first-order chi connectivity index (χ1) is 12.1. The highest BCUT2D eigenvalue weighted by atomic mass is 35.5. The standard InChI is InChI=1S/C19H17Cl2NO3/c1-3-8-25-16-7-6-15(24-2)17-18(16)22-10-13(19(17)23)12-5-4-11(20)9-14(12)21/h4-7,9-10H,3,8H2,1-2H3,(H,22,23). The molecule has 0 atom stereocenters. The molecule has 0 amide bonds. The van der Waals surface area contributed by atoms with Gasteiger partial charge in [-0.05, 0) is 30.7 Å². The van der Waals surface area contributed by atoms with Gasteiger partial charge in [0.15, 0.2) is 0 Å². The summed E-state index contributed by atoms with van der Waals surface area (Å²) in [6.45, 7) is 2.59. The molecule has 0 saturated carbocycles. The monoisotopic (exact) mass is 377 g/mol. The van der Waals surface area contributed by atoms with E-state index in [2.05, 4.69) is 4.98 Å². The lowest BCUT2D eigenvalue weighted by molar-refractivity contribution is 0.320. The molecule has 3 rings (SSSR count). The predicted molar refractivity (Wildman–Crippen MR) is 102 cm³/mol. The Bertz CT molecular complexity index is 982. The Kier molecular flexibility index (Phi) is 5.21. The summed E-state index contributed by atoms with van der Waals surface area (Å²) in [7, 11) is 1.53. The lowest BCUT2D eigenvalue weighted by atomic mass is 10.0. The van der Waals surface area contributed by atoms with Gasteiger partial charge in [0.25, 0.3) is 0 Å². The molecule has 4 nitrogen and oxygen atoms in total. The number of ether oxygens (including phenoxy) is 2. The SMILES string of the molecule is CCCOc1ccc(OC)c2c(=O)c(-c3ccc(Cl)cc3Cl)c[nH]c12. The largest absolute Gasteiger partial charge is 0.496 e. The maximum Gasteiger partial charge on any atom is 0.201 e. The molecule has 2 aromatic carbocycles. The summed E-state index contributed by atoms with van der Waals surface area (Å²) < 4.78 is 11.1. The van der Waals surface area contributed by atoms with Crippen molar-refractivity contribution in [1.82, 2.24) is 4.98 Å². The van der Waals surface area contributed by atoms with Crippen LogP contribution >= 0.6 is 23.2 Å². The number of benzene rings is 2. The molecule has 1 heterocycles. The number of nitrogens with one attached hydrogen (secondary N) is 1. The quantitative estimate of drug-likeness (QED) is 0.656. The van der Waals surface area contributed by atoms with Crippen LogP contribution in [0.4, 0.5) is 0 Å². The summed E-state index contributed by atoms with van der Waals surface area (Å²) in [5.41, 5.74) is 1.47. The molecule has 1 aromatic heterocycles. The molecule has 0 unspecified atom stereocenters. The molecule has 130 valence electrons. The maximum absolute atomic E-state index is 13.1. The summed E-state index contributed by atoms with van der Waals surface area (Å²) in [4.78, 5) is 16.3. The molecule has 1 N–H and O–H groups in total. The Labute approximate surface area is 155 Å². The van der Waals surface area contributed by atoms with Crippen LogP contribution in [-0.2, 0) is 0 Å². The molecule has 0 fully saturated rings. The molecular weight excluding hydrogens is 361 g/mol. The third-order valence-corrected chi connectivity index (χ3v) is 4.41. The molecule has 0 saturated heterocycles. The van der Waals surface area contributed by atoms with Crippen LogP contribution in [0.2, 0.25) is 10.0 Å². The van der Waals surface area contributed by atoms with Crippen molar-refractivity contribution in [3.63, 3.8) is 0 Å². The first-order valence-corrected chi connectivity index (χ1v) is 8.63. The Morgan fingerprint density at radius 2 is 1.84 bits per heavy atom. The lowest BCUT2D eigenvalue weighted by Gasteiger charge is -2.13. The highest BCUT2D eigenvalue weighted by Gasteiger charge is 2.16. The van der Waals surface area contributed by atoms with E-state index in [1.54, 1.807) is 36.5 Å². The number of hydrogen-bond acceptors (Lipinski definition) is 3. The number of aromatic nitrogens is 1. The summed E-state index contributed by atoms with van der Waals surface area (Å²) in [5, 5.41) is 1.35. The fraction of sp³-hybridized carbons (Fsp3) is 0.211. The second-order valence-corrected chi connectivity index (χ2v) is 6.36. The number of methoxy groups -OCH3 is 1. The Morgan fingerprint density at radius 3 is 2.52 bits per heavy atom. The van der Waals surface area contributed by atoms with Gasteiger partial charge in [-0.2, -0.15) is 0 Å². The second kappa shape index (κ2) is 7.38. The first kappa shape index (κ1) is 17.6. The van der Waals surface area contributed by atoms with E-state index in [1.807, 2.05) is 6.92 Å². The van der Waals surface area contributed by atoms with Gasteiger partial charge in [0.05, 0.1) is 29.6 Å². The predicted octanol–water partition coefficient (Wildman–Crippen LogP) is 5.30. The van der Waals surface area contributed by atoms with E-state index >= 15 is 0 Å². The number of hydrogen-bond donors (Lipinski definition) is 1. The fourth-order valence-corrected chi connectivity index (χ4v) is 3.20. The number of aromatic amines is 1. The fourth-order valence-electron chi connectivity index (χ4n) is 2.69. The minimum absolute atomic E-state index is 0.184. The molecule has 6 heteroatoms. The van der Waals surface area contributed by atoms with Crippen molar-refractivity contribution in [2.24, 2.45) is 0 Å². The third kappa shape index (κ3) is 3.32. The van der Waals surface area contributed by atoms with Gasteiger partial charge in [0, 0.05) is 22.3 Å². The van der Waals surface area contributed by atoms with Gasteiger partial charge in [0.1, 0.15) is 11.5 Å². The van der Waals surface area contributed by atoms with Crippen LogP contribution in [0.3, 0.4) is 0 Å². The van der Waals surface area contributed by atoms with Crippen LogP contribution in [-0.4, -0.2) is 18.7 Å². The van der Waals surface area contributed by atoms with E-state index in [-0.39, 0.29) is 5.43 Å². The maximum atomic E-state index is 13.1. The number of halogens is 2. The summed E-state index contributed by atoms with van der Waals surface area (Å²) in [6.07, 6.45) is 2.51. The van der Waals surface area contributed by atoms with Gasteiger partial charge in [-0.1, -0.05) is 36.2 Å². The molecule has 0 aliphatic heterocycles. The third-order valence-electron chi connectivity index (χ3n) is 3.86. The van der Waals surface area contributed by atoms with Gasteiger partial charge in [-0.15, -0.1) is 0 Å². The van der Waals surface area contributed by atoms with Crippen molar-refractivity contribution in [2.45, 2.75) is 13.3 Å². The number of fused-ring (bicyclic) bond motifs is 1. The van der Waals surface area contributed by atoms with Crippen LogP contribution in [0.25, 0.3) is 22.0 Å². The molecule has 0 bridgehead atoms. The summed E-state index contributed by atoms with van der Waals surface area (Å²) in [5.74, 6) is 1.09. The Balaban J connectivity index is 2.27. The second-order valence-electron chi connectivity index (χ2n) is 5.52. The van der Waals surface area contributed by atoms with E-state index < -0.39 is 0 Å². The minimum Gasteiger partial charge on any atom is -0.496 e. The molecule has 0 aliphatic carbocycles. The Hall–Kier alpha value is -2.17. The van der Waals surface area contributed by atoms with Crippen molar-refractivity contribution in [3.8, 4) is 22.6 Å². The zero-order valence-corrected chi connectivity index (χ0v) is 15.4. The first-order valence-electron chi connectivity index (χ1n) is 7.87. The van der Waals surface area contributed by atoms with Crippen LogP contribution in [0.1, 0.15) is 13.3 Å². The molecular formula is C19H17Cl2NO3. The number of H-pyrrole nitrogens is 1. The van der Waals surface area contributed by atoms with Crippen molar-refractivity contribution in [1.29, 1.82) is 0 Å². The van der Waals surface area contributed by atoms with Gasteiger partial charge >= 0.3 is 0 Å². The van der Waals surface area contributed by atoms with Crippen molar-refractivity contribution < 1.29 is 9.47 Å². The minimum atomic E-state index is -0.184. The van der Waals surface area contributed by atoms with Crippen LogP contribution in [0, 0.1) is 0 Å².